The Kier molecular flexibility index (Phi) is 3.63. The lowest BCUT2D eigenvalue weighted by molar-refractivity contribution is 0.0530. The summed E-state index contributed by atoms with van der Waals surface area (Å²) in [5.41, 5.74) is -0.106. The maximum atomic E-state index is 5.55. The van der Waals surface area contributed by atoms with Crippen LogP contribution in [-0.2, 0) is 4.74 Å². The zero-order valence-electron chi connectivity index (χ0n) is 10.6. The molecule has 96 valence electrons. The molecule has 1 aromatic heterocycles. The van der Waals surface area contributed by atoms with E-state index in [2.05, 4.69) is 27.8 Å². The Balaban J connectivity index is 2.00. The Bertz CT molecular complexity index is 360. The lowest BCUT2D eigenvalue weighted by Crippen LogP contribution is -2.43. The number of anilines is 1. The van der Waals surface area contributed by atoms with Crippen molar-refractivity contribution in [1.29, 1.82) is 0 Å². The Morgan fingerprint density at radius 2 is 2.24 bits per heavy atom. The van der Waals surface area contributed by atoms with Gasteiger partial charge in [-0.1, -0.05) is 5.10 Å². The molecule has 0 aromatic carbocycles. The molecule has 6 nitrogen and oxygen atoms in total. The van der Waals surface area contributed by atoms with Crippen molar-refractivity contribution in [3.63, 3.8) is 0 Å². The highest BCUT2D eigenvalue weighted by Crippen LogP contribution is 2.24. The van der Waals surface area contributed by atoms with Gasteiger partial charge in [0.1, 0.15) is 0 Å². The number of hydrogen-bond donors (Lipinski definition) is 2. The minimum Gasteiger partial charge on any atom is -0.406 e. The molecule has 1 aliphatic rings. The number of nitrogens with zero attached hydrogens (tertiary/aromatic N) is 2. The van der Waals surface area contributed by atoms with E-state index in [-0.39, 0.29) is 11.6 Å². The molecule has 1 fully saturated rings. The quantitative estimate of drug-likeness (QED) is 0.827. The van der Waals surface area contributed by atoms with Crippen molar-refractivity contribution in [2.45, 2.75) is 38.3 Å². The van der Waals surface area contributed by atoms with Gasteiger partial charge in [0, 0.05) is 6.61 Å². The van der Waals surface area contributed by atoms with E-state index < -0.39 is 0 Å². The van der Waals surface area contributed by atoms with E-state index in [1.165, 1.54) is 0 Å². The summed E-state index contributed by atoms with van der Waals surface area (Å²) in [7, 11) is 1.86. The van der Waals surface area contributed by atoms with Crippen LogP contribution in [0.15, 0.2) is 4.42 Å². The molecule has 0 saturated carbocycles. The summed E-state index contributed by atoms with van der Waals surface area (Å²) < 4.78 is 11.0. The van der Waals surface area contributed by atoms with Gasteiger partial charge in [0.05, 0.1) is 18.2 Å². The van der Waals surface area contributed by atoms with Crippen LogP contribution < -0.4 is 10.6 Å². The largest absolute Gasteiger partial charge is 0.406 e. The molecule has 2 heterocycles. The third-order valence-corrected chi connectivity index (χ3v) is 3.09. The van der Waals surface area contributed by atoms with Crippen LogP contribution in [0.1, 0.15) is 38.6 Å². The number of aromatic nitrogens is 2. The summed E-state index contributed by atoms with van der Waals surface area (Å²) in [4.78, 5) is 0. The van der Waals surface area contributed by atoms with Crippen LogP contribution in [0.3, 0.4) is 0 Å². The Morgan fingerprint density at radius 1 is 1.41 bits per heavy atom. The summed E-state index contributed by atoms with van der Waals surface area (Å²) in [5, 5.41) is 14.3. The topological polar surface area (TPSA) is 72.2 Å². The molecule has 0 bridgehead atoms. The number of rotatable bonds is 4. The van der Waals surface area contributed by atoms with Crippen LogP contribution in [0.25, 0.3) is 0 Å². The summed E-state index contributed by atoms with van der Waals surface area (Å²) in [5.74, 6) is 0.593. The standard InChI is InChI=1S/C11H20N4O2/c1-8(12-3)9-14-15-10(17-9)13-11(2)5-4-6-16-7-11/h8,12H,4-7H2,1-3H3,(H,13,15). The van der Waals surface area contributed by atoms with Crippen LogP contribution >= 0.6 is 0 Å². The predicted octanol–water partition coefficient (Wildman–Crippen LogP) is 1.33. The van der Waals surface area contributed by atoms with Crippen molar-refractivity contribution < 1.29 is 9.15 Å². The zero-order chi connectivity index (χ0) is 12.3. The minimum absolute atomic E-state index is 0.0634. The molecule has 2 atom stereocenters. The molecule has 0 aliphatic carbocycles. The summed E-state index contributed by atoms with van der Waals surface area (Å²) in [6.45, 7) is 5.59. The van der Waals surface area contributed by atoms with Crippen molar-refractivity contribution in [3.8, 4) is 0 Å². The van der Waals surface area contributed by atoms with Gasteiger partial charge in [0.2, 0.25) is 5.89 Å². The molecule has 17 heavy (non-hydrogen) atoms. The first-order valence-electron chi connectivity index (χ1n) is 5.99. The Hall–Kier alpha value is -1.14. The molecule has 0 amide bonds. The van der Waals surface area contributed by atoms with E-state index in [0.29, 0.717) is 18.5 Å². The lowest BCUT2D eigenvalue weighted by Gasteiger charge is -2.33. The van der Waals surface area contributed by atoms with Gasteiger partial charge in [-0.15, -0.1) is 5.10 Å². The third kappa shape index (κ3) is 2.95. The summed E-state index contributed by atoms with van der Waals surface area (Å²) in [6.07, 6.45) is 2.10. The molecule has 0 radical (unpaired) electrons. The molecule has 2 N–H and O–H groups in total. The van der Waals surface area contributed by atoms with Crippen LogP contribution in [0.2, 0.25) is 0 Å². The smallest absolute Gasteiger partial charge is 0.316 e. The van der Waals surface area contributed by atoms with Gasteiger partial charge in [0.25, 0.3) is 0 Å². The van der Waals surface area contributed by atoms with Gasteiger partial charge in [0.15, 0.2) is 0 Å². The molecule has 1 saturated heterocycles. The van der Waals surface area contributed by atoms with Gasteiger partial charge in [-0.3, -0.25) is 0 Å². The molecule has 0 spiro atoms. The monoisotopic (exact) mass is 240 g/mol. The van der Waals surface area contributed by atoms with E-state index in [1.54, 1.807) is 0 Å². The highest BCUT2D eigenvalue weighted by molar-refractivity contribution is 5.24. The SMILES string of the molecule is CNC(C)c1nnc(NC2(C)CCCOC2)o1. The first kappa shape index (κ1) is 12.3. The average Bonchev–Trinajstić information content (AvgIpc) is 2.76. The van der Waals surface area contributed by atoms with E-state index in [0.717, 1.165) is 19.4 Å². The highest BCUT2D eigenvalue weighted by Gasteiger charge is 2.29. The van der Waals surface area contributed by atoms with Gasteiger partial charge >= 0.3 is 6.01 Å². The van der Waals surface area contributed by atoms with E-state index >= 15 is 0 Å². The fourth-order valence-electron chi connectivity index (χ4n) is 1.87. The normalized spacial score (nSPS) is 26.8. The average molecular weight is 240 g/mol. The third-order valence-electron chi connectivity index (χ3n) is 3.09. The van der Waals surface area contributed by atoms with Crippen LogP contribution in [0.5, 0.6) is 0 Å². The van der Waals surface area contributed by atoms with Crippen molar-refractivity contribution in [2.75, 3.05) is 25.6 Å². The minimum atomic E-state index is -0.106. The lowest BCUT2D eigenvalue weighted by atomic mass is 9.95. The predicted molar refractivity (Wildman–Crippen MR) is 63.9 cm³/mol. The molecular formula is C11H20N4O2. The molecule has 2 unspecified atom stereocenters. The summed E-state index contributed by atoms with van der Waals surface area (Å²) in [6, 6.07) is 0.531. The number of hydrogen-bond acceptors (Lipinski definition) is 6. The van der Waals surface area contributed by atoms with Gasteiger partial charge < -0.3 is 19.8 Å². The molecule has 1 aliphatic heterocycles. The highest BCUT2D eigenvalue weighted by atomic mass is 16.5. The number of ether oxygens (including phenoxy) is 1. The zero-order valence-corrected chi connectivity index (χ0v) is 10.6. The fourth-order valence-corrected chi connectivity index (χ4v) is 1.87. The van der Waals surface area contributed by atoms with Crippen molar-refractivity contribution in [3.05, 3.63) is 5.89 Å². The van der Waals surface area contributed by atoms with Crippen molar-refractivity contribution in [2.24, 2.45) is 0 Å². The number of nitrogens with one attached hydrogen (secondary N) is 2. The van der Waals surface area contributed by atoms with E-state index in [1.807, 2.05) is 14.0 Å². The van der Waals surface area contributed by atoms with Gasteiger partial charge in [-0.25, -0.2) is 0 Å². The van der Waals surface area contributed by atoms with Crippen LogP contribution in [0, 0.1) is 0 Å². The molecule has 6 heteroatoms. The second-order valence-electron chi connectivity index (χ2n) is 4.80. The second-order valence-corrected chi connectivity index (χ2v) is 4.80. The Morgan fingerprint density at radius 3 is 2.88 bits per heavy atom. The van der Waals surface area contributed by atoms with Gasteiger partial charge in [-0.2, -0.15) is 0 Å². The van der Waals surface area contributed by atoms with E-state index in [9.17, 15) is 0 Å². The fraction of sp³-hybridized carbons (Fsp3) is 0.818. The maximum Gasteiger partial charge on any atom is 0.316 e. The summed E-state index contributed by atoms with van der Waals surface area (Å²) >= 11 is 0. The molecular weight excluding hydrogens is 220 g/mol. The van der Waals surface area contributed by atoms with Gasteiger partial charge in [-0.05, 0) is 33.7 Å². The van der Waals surface area contributed by atoms with Crippen LogP contribution in [0.4, 0.5) is 6.01 Å². The van der Waals surface area contributed by atoms with Crippen LogP contribution in [-0.4, -0.2) is 36.0 Å². The first-order valence-corrected chi connectivity index (χ1v) is 5.99. The first-order chi connectivity index (χ1) is 8.13. The molecule has 2 rings (SSSR count). The Labute approximate surface area is 101 Å². The second kappa shape index (κ2) is 5.01. The maximum absolute atomic E-state index is 5.55. The van der Waals surface area contributed by atoms with Crippen molar-refractivity contribution in [1.82, 2.24) is 15.5 Å². The van der Waals surface area contributed by atoms with E-state index in [4.69, 9.17) is 9.15 Å². The molecule has 1 aromatic rings. The van der Waals surface area contributed by atoms with Crippen molar-refractivity contribution >= 4 is 6.01 Å².